The van der Waals surface area contributed by atoms with Crippen molar-refractivity contribution in [3.05, 3.63) is 70.8 Å². The second-order valence-electron chi connectivity index (χ2n) is 8.43. The highest BCUT2D eigenvalue weighted by Gasteiger charge is 2.35. The Hall–Kier alpha value is -4.13. The molecule has 0 unspecified atom stereocenters. The average Bonchev–Trinajstić information content (AvgIpc) is 3.25. The van der Waals surface area contributed by atoms with Crippen molar-refractivity contribution in [2.45, 2.75) is 26.9 Å². The third kappa shape index (κ3) is 5.72. The quantitative estimate of drug-likeness (QED) is 0.297. The summed E-state index contributed by atoms with van der Waals surface area (Å²) >= 11 is 1.10. The second-order valence-corrected chi connectivity index (χ2v) is 9.04. The van der Waals surface area contributed by atoms with Crippen LogP contribution in [0.15, 0.2) is 42.7 Å². The van der Waals surface area contributed by atoms with E-state index in [-0.39, 0.29) is 28.9 Å². The third-order valence-corrected chi connectivity index (χ3v) is 5.81. The van der Waals surface area contributed by atoms with Crippen molar-refractivity contribution in [2.24, 2.45) is 0 Å². The molecule has 38 heavy (non-hydrogen) atoms. The van der Waals surface area contributed by atoms with Crippen molar-refractivity contribution in [3.8, 4) is 22.8 Å². The molecule has 0 bridgehead atoms. The molecule has 0 radical (unpaired) electrons. The lowest BCUT2D eigenvalue weighted by Crippen LogP contribution is -2.17. The van der Waals surface area contributed by atoms with E-state index in [2.05, 4.69) is 30.1 Å². The monoisotopic (exact) mass is 543 g/mol. The number of nitrogens with zero attached hydrogens (tertiary/aromatic N) is 5. The van der Waals surface area contributed by atoms with Gasteiger partial charge in [-0.1, -0.05) is 18.0 Å². The summed E-state index contributed by atoms with van der Waals surface area (Å²) in [5.41, 5.74) is 2.72. The van der Waals surface area contributed by atoms with Gasteiger partial charge in [-0.05, 0) is 56.2 Å². The zero-order chi connectivity index (χ0) is 27.6. The van der Waals surface area contributed by atoms with Crippen LogP contribution in [0.4, 0.5) is 24.8 Å². The molecule has 0 aliphatic heterocycles. The van der Waals surface area contributed by atoms with E-state index < -0.39 is 17.8 Å². The summed E-state index contributed by atoms with van der Waals surface area (Å²) in [5, 5.41) is 6.89. The zero-order valence-electron chi connectivity index (χ0n) is 21.1. The number of halogens is 3. The molecule has 13 heteroatoms. The van der Waals surface area contributed by atoms with Crippen LogP contribution in [0.5, 0.6) is 5.88 Å². The minimum atomic E-state index is -4.64. The number of alkyl halides is 3. The van der Waals surface area contributed by atoms with E-state index in [0.29, 0.717) is 11.1 Å². The van der Waals surface area contributed by atoms with Crippen LogP contribution < -0.4 is 14.8 Å². The van der Waals surface area contributed by atoms with E-state index in [1.807, 2.05) is 32.0 Å². The van der Waals surface area contributed by atoms with Crippen LogP contribution in [0.3, 0.4) is 0 Å². The van der Waals surface area contributed by atoms with Crippen LogP contribution in [0.25, 0.3) is 16.9 Å². The number of hydrogen-bond donors (Lipinski definition) is 2. The first-order chi connectivity index (χ1) is 18.0. The van der Waals surface area contributed by atoms with Crippen LogP contribution in [-0.4, -0.2) is 44.0 Å². The lowest BCUT2D eigenvalue weighted by Gasteiger charge is -2.14. The summed E-state index contributed by atoms with van der Waals surface area (Å²) in [5.74, 6) is -0.138. The number of methoxy groups -OCH3 is 1. The second kappa shape index (κ2) is 10.7. The maximum atomic E-state index is 13.5. The molecule has 1 amide bonds. The summed E-state index contributed by atoms with van der Waals surface area (Å²) in [4.78, 5) is 25.7. The van der Waals surface area contributed by atoms with Crippen LogP contribution >= 0.6 is 11.9 Å². The molecule has 0 aliphatic carbocycles. The Kier molecular flexibility index (Phi) is 7.58. The number of carbonyl (C=O) groups excluding carboxylic acids is 1. The highest BCUT2D eigenvalue weighted by atomic mass is 32.2. The molecule has 0 saturated carbocycles. The average molecular weight is 544 g/mol. The molecule has 4 rings (SSSR count). The third-order valence-electron chi connectivity index (χ3n) is 5.42. The minimum absolute atomic E-state index is 0.0723. The van der Waals surface area contributed by atoms with E-state index in [1.54, 1.807) is 6.26 Å². The maximum Gasteiger partial charge on any atom is 0.435 e. The molecule has 0 saturated heterocycles. The maximum absolute atomic E-state index is 13.5. The van der Waals surface area contributed by atoms with Crippen molar-refractivity contribution in [1.29, 1.82) is 0 Å². The van der Waals surface area contributed by atoms with Crippen molar-refractivity contribution < 1.29 is 22.7 Å². The number of anilines is 2. The Morgan fingerprint density at radius 3 is 2.34 bits per heavy atom. The van der Waals surface area contributed by atoms with Gasteiger partial charge in [0.05, 0.1) is 7.11 Å². The number of pyridine rings is 1. The van der Waals surface area contributed by atoms with Gasteiger partial charge < -0.3 is 10.1 Å². The topological polar surface area (TPSA) is 107 Å². The Morgan fingerprint density at radius 1 is 1.03 bits per heavy atom. The highest BCUT2D eigenvalue weighted by Crippen LogP contribution is 2.33. The summed E-state index contributed by atoms with van der Waals surface area (Å²) in [7, 11) is 1.38. The normalized spacial score (nSPS) is 11.4. The predicted octanol–water partition coefficient (Wildman–Crippen LogP) is 5.43. The predicted molar refractivity (Wildman–Crippen MR) is 139 cm³/mol. The Bertz CT molecular complexity index is 1480. The molecule has 2 N–H and O–H groups in total. The molecular formula is C25H24F3N7O2S. The highest BCUT2D eigenvalue weighted by molar-refractivity contribution is 7.97. The number of amides is 1. The summed E-state index contributed by atoms with van der Waals surface area (Å²) in [6.45, 7) is 5.39. The van der Waals surface area contributed by atoms with E-state index in [0.717, 1.165) is 39.5 Å². The number of carbonyl (C=O) groups is 1. The first kappa shape index (κ1) is 26.9. The van der Waals surface area contributed by atoms with Gasteiger partial charge in [-0.25, -0.2) is 14.6 Å². The first-order valence-electron chi connectivity index (χ1n) is 11.2. The molecule has 0 aliphatic rings. The van der Waals surface area contributed by atoms with Crippen molar-refractivity contribution >= 4 is 29.5 Å². The molecule has 0 spiro atoms. The van der Waals surface area contributed by atoms with Crippen LogP contribution in [0, 0.1) is 20.8 Å². The van der Waals surface area contributed by atoms with Gasteiger partial charge in [-0.2, -0.15) is 23.3 Å². The fourth-order valence-electron chi connectivity index (χ4n) is 3.87. The van der Waals surface area contributed by atoms with Crippen molar-refractivity contribution in [2.75, 3.05) is 18.7 Å². The van der Waals surface area contributed by atoms with Gasteiger partial charge >= 0.3 is 6.18 Å². The number of aromatic nitrogens is 5. The van der Waals surface area contributed by atoms with Gasteiger partial charge in [0.1, 0.15) is 5.56 Å². The Morgan fingerprint density at radius 2 is 1.74 bits per heavy atom. The van der Waals surface area contributed by atoms with E-state index >= 15 is 0 Å². The lowest BCUT2D eigenvalue weighted by molar-refractivity contribution is -0.141. The van der Waals surface area contributed by atoms with Gasteiger partial charge in [0.15, 0.2) is 11.5 Å². The van der Waals surface area contributed by atoms with Crippen molar-refractivity contribution in [1.82, 2.24) is 29.5 Å². The van der Waals surface area contributed by atoms with Gasteiger partial charge in [-0.3, -0.25) is 9.52 Å². The molecule has 4 aromatic rings. The van der Waals surface area contributed by atoms with Gasteiger partial charge in [-0.15, -0.1) is 0 Å². The smallest absolute Gasteiger partial charge is 0.435 e. The Balaban J connectivity index is 1.89. The number of aryl methyl sites for hydroxylation is 3. The number of nitrogens with one attached hydrogen (secondary N) is 2. The van der Waals surface area contributed by atoms with Gasteiger partial charge in [0.25, 0.3) is 5.91 Å². The number of rotatable bonds is 7. The summed E-state index contributed by atoms with van der Waals surface area (Å²) < 4.78 is 49.3. The number of benzene rings is 1. The number of ether oxygens (including phenoxy) is 1. The molecule has 3 heterocycles. The van der Waals surface area contributed by atoms with E-state index in [4.69, 9.17) is 4.74 Å². The number of hydrogen-bond acceptors (Lipinski definition) is 8. The fourth-order valence-corrected chi connectivity index (χ4v) is 4.17. The molecule has 1 aromatic carbocycles. The van der Waals surface area contributed by atoms with E-state index in [1.165, 1.54) is 32.5 Å². The molecular weight excluding hydrogens is 519 g/mol. The summed E-state index contributed by atoms with van der Waals surface area (Å²) in [6.07, 6.45) is -0.0826. The van der Waals surface area contributed by atoms with Crippen molar-refractivity contribution in [3.63, 3.8) is 0 Å². The molecule has 3 aromatic heterocycles. The Labute approximate surface area is 221 Å². The van der Waals surface area contributed by atoms with Crippen LogP contribution in [0.2, 0.25) is 0 Å². The van der Waals surface area contributed by atoms with Crippen LogP contribution in [-0.2, 0) is 6.18 Å². The SMILES string of the molecule is COc1ncc(-c2cnc(Nc3cc(C)cc(C)c3)nc2-n2nc(C(F)(F)F)cc2C)cc1C(=O)NSC. The van der Waals surface area contributed by atoms with Gasteiger partial charge in [0.2, 0.25) is 11.8 Å². The zero-order valence-corrected chi connectivity index (χ0v) is 22.0. The van der Waals surface area contributed by atoms with E-state index in [9.17, 15) is 18.0 Å². The van der Waals surface area contributed by atoms with Crippen LogP contribution in [0.1, 0.15) is 32.9 Å². The standard InChI is InChI=1S/C25H24F3N7O2S/c1-13-6-14(2)8-17(7-13)31-24-30-12-19(16-10-18(22(36)34-38-5)23(37-4)29-11-16)21(32-24)35-15(3)9-20(33-35)25(26,27)28/h6-12H,1-5H3,(H,34,36)(H,30,31,32). The summed E-state index contributed by atoms with van der Waals surface area (Å²) in [6, 6.07) is 8.25. The fraction of sp³-hybridized carbons (Fsp3) is 0.240. The molecule has 0 atom stereocenters. The molecule has 198 valence electrons. The largest absolute Gasteiger partial charge is 0.480 e. The van der Waals surface area contributed by atoms with Gasteiger partial charge in [0, 0.05) is 41.2 Å². The lowest BCUT2D eigenvalue weighted by atomic mass is 10.1. The first-order valence-corrected chi connectivity index (χ1v) is 12.5. The minimum Gasteiger partial charge on any atom is -0.480 e. The molecule has 0 fully saturated rings. The molecule has 9 nitrogen and oxygen atoms in total.